The number of fused-ring (bicyclic) bond motifs is 2. The van der Waals surface area contributed by atoms with Gasteiger partial charge in [-0.2, -0.15) is 0 Å². The van der Waals surface area contributed by atoms with E-state index in [1.165, 1.54) is 19.3 Å². The smallest absolute Gasteiger partial charge is 0.272 e. The van der Waals surface area contributed by atoms with Crippen LogP contribution in [0.1, 0.15) is 36.2 Å². The molecule has 2 fully saturated rings. The normalized spacial score (nSPS) is 30.5. The van der Waals surface area contributed by atoms with Crippen LogP contribution in [-0.2, 0) is 0 Å². The van der Waals surface area contributed by atoms with Crippen molar-refractivity contribution in [1.29, 1.82) is 0 Å². The summed E-state index contributed by atoms with van der Waals surface area (Å²) in [6, 6.07) is 3.53. The third-order valence-corrected chi connectivity index (χ3v) is 4.12. The van der Waals surface area contributed by atoms with Gasteiger partial charge in [0.05, 0.1) is 0 Å². The first-order valence-electron chi connectivity index (χ1n) is 6.02. The van der Waals surface area contributed by atoms with E-state index in [-0.39, 0.29) is 5.91 Å². The number of hydrogen-bond acceptors (Lipinski definition) is 3. The Kier molecular flexibility index (Phi) is 2.74. The zero-order chi connectivity index (χ0) is 11.8. The summed E-state index contributed by atoms with van der Waals surface area (Å²) >= 11 is 5.63. The van der Waals surface area contributed by atoms with Crippen LogP contribution in [0.25, 0.3) is 0 Å². The highest BCUT2D eigenvalue weighted by molar-refractivity contribution is 6.29. The Morgan fingerprint density at radius 3 is 2.76 bits per heavy atom. The molecule has 1 N–H and O–H groups in total. The van der Waals surface area contributed by atoms with Gasteiger partial charge in [-0.15, -0.1) is 10.2 Å². The number of nitrogens with zero attached hydrogens (tertiary/aromatic N) is 2. The Hall–Kier alpha value is -1.16. The molecule has 17 heavy (non-hydrogen) atoms. The number of rotatable bonds is 2. The second-order valence-electron chi connectivity index (χ2n) is 5.00. The van der Waals surface area contributed by atoms with Crippen LogP contribution in [0, 0.1) is 11.8 Å². The number of aromatic nitrogens is 2. The van der Waals surface area contributed by atoms with Gasteiger partial charge in [0.1, 0.15) is 0 Å². The molecule has 0 radical (unpaired) electrons. The second-order valence-corrected chi connectivity index (χ2v) is 5.38. The van der Waals surface area contributed by atoms with Crippen LogP contribution >= 0.6 is 11.6 Å². The lowest BCUT2D eigenvalue weighted by atomic mass is 9.95. The molecule has 3 atom stereocenters. The number of amides is 1. The van der Waals surface area contributed by atoms with Gasteiger partial charge < -0.3 is 5.32 Å². The van der Waals surface area contributed by atoms with Crippen LogP contribution in [0.4, 0.5) is 0 Å². The van der Waals surface area contributed by atoms with Gasteiger partial charge in [0.25, 0.3) is 5.91 Å². The first-order chi connectivity index (χ1) is 8.22. The molecule has 3 rings (SSSR count). The number of nitrogens with one attached hydrogen (secondary N) is 1. The summed E-state index contributed by atoms with van der Waals surface area (Å²) < 4.78 is 0. The van der Waals surface area contributed by atoms with Crippen molar-refractivity contribution >= 4 is 17.5 Å². The summed E-state index contributed by atoms with van der Waals surface area (Å²) in [5, 5.41) is 10.8. The lowest BCUT2D eigenvalue weighted by Gasteiger charge is -2.22. The average Bonchev–Trinajstić information content (AvgIpc) is 2.91. The third kappa shape index (κ3) is 2.14. The van der Waals surface area contributed by atoms with E-state index in [4.69, 9.17) is 11.6 Å². The van der Waals surface area contributed by atoms with Crippen molar-refractivity contribution < 1.29 is 4.79 Å². The SMILES string of the molecule is O=C(NC1CC2CCC1C2)c1ccc(Cl)nn1. The number of carbonyl (C=O) groups excluding carboxylic acids is 1. The molecular weight excluding hydrogens is 238 g/mol. The Labute approximate surface area is 105 Å². The minimum absolute atomic E-state index is 0.133. The van der Waals surface area contributed by atoms with Crippen LogP contribution in [0.3, 0.4) is 0 Å². The molecule has 0 aliphatic heterocycles. The maximum Gasteiger partial charge on any atom is 0.272 e. The molecule has 90 valence electrons. The van der Waals surface area contributed by atoms with Crippen molar-refractivity contribution in [2.75, 3.05) is 0 Å². The maximum atomic E-state index is 11.9. The topological polar surface area (TPSA) is 54.9 Å². The van der Waals surface area contributed by atoms with Crippen molar-refractivity contribution in [3.8, 4) is 0 Å². The van der Waals surface area contributed by atoms with E-state index in [1.807, 2.05) is 0 Å². The molecular formula is C12H14ClN3O. The molecule has 1 aromatic rings. The molecule has 1 aromatic heterocycles. The minimum Gasteiger partial charge on any atom is -0.348 e. The Balaban J connectivity index is 1.65. The van der Waals surface area contributed by atoms with Crippen LogP contribution in [0.5, 0.6) is 0 Å². The predicted molar refractivity (Wildman–Crippen MR) is 63.7 cm³/mol. The summed E-state index contributed by atoms with van der Waals surface area (Å²) in [7, 11) is 0. The van der Waals surface area contributed by atoms with E-state index in [0.717, 1.165) is 12.3 Å². The Morgan fingerprint density at radius 2 is 2.18 bits per heavy atom. The van der Waals surface area contributed by atoms with Crippen molar-refractivity contribution in [2.24, 2.45) is 11.8 Å². The molecule has 2 saturated carbocycles. The molecule has 2 aliphatic carbocycles. The van der Waals surface area contributed by atoms with E-state index in [0.29, 0.717) is 22.8 Å². The molecule has 4 nitrogen and oxygen atoms in total. The minimum atomic E-state index is -0.133. The molecule has 3 unspecified atom stereocenters. The van der Waals surface area contributed by atoms with Crippen molar-refractivity contribution in [3.63, 3.8) is 0 Å². The molecule has 2 bridgehead atoms. The van der Waals surface area contributed by atoms with Gasteiger partial charge in [-0.1, -0.05) is 18.0 Å². The zero-order valence-corrected chi connectivity index (χ0v) is 10.2. The lowest BCUT2D eigenvalue weighted by Crippen LogP contribution is -2.38. The number of halogens is 1. The quantitative estimate of drug-likeness (QED) is 0.875. The second kappa shape index (κ2) is 4.26. The highest BCUT2D eigenvalue weighted by atomic mass is 35.5. The lowest BCUT2D eigenvalue weighted by molar-refractivity contribution is 0.0917. The number of hydrogen-bond donors (Lipinski definition) is 1. The predicted octanol–water partition coefficient (Wildman–Crippen LogP) is 2.05. The first kappa shape index (κ1) is 11.0. The molecule has 2 aliphatic rings. The molecule has 1 amide bonds. The highest BCUT2D eigenvalue weighted by Crippen LogP contribution is 2.44. The molecule has 0 spiro atoms. The van der Waals surface area contributed by atoms with E-state index in [9.17, 15) is 4.79 Å². The summed E-state index contributed by atoms with van der Waals surface area (Å²) in [5.74, 6) is 1.36. The van der Waals surface area contributed by atoms with Crippen LogP contribution < -0.4 is 5.32 Å². The van der Waals surface area contributed by atoms with Crippen molar-refractivity contribution in [3.05, 3.63) is 23.0 Å². The van der Waals surface area contributed by atoms with Crippen LogP contribution in [-0.4, -0.2) is 22.1 Å². The maximum absolute atomic E-state index is 11.9. The van der Waals surface area contributed by atoms with Gasteiger partial charge in [0.2, 0.25) is 0 Å². The fourth-order valence-electron chi connectivity index (χ4n) is 3.10. The van der Waals surface area contributed by atoms with E-state index in [1.54, 1.807) is 12.1 Å². The Morgan fingerprint density at radius 1 is 1.29 bits per heavy atom. The third-order valence-electron chi connectivity index (χ3n) is 3.92. The monoisotopic (exact) mass is 251 g/mol. The molecule has 5 heteroatoms. The largest absolute Gasteiger partial charge is 0.348 e. The summed E-state index contributed by atoms with van der Waals surface area (Å²) in [4.78, 5) is 11.9. The van der Waals surface area contributed by atoms with Crippen LogP contribution in [0.15, 0.2) is 12.1 Å². The standard InChI is InChI=1S/C12H14ClN3O/c13-11-4-3-9(15-16-11)12(17)14-10-6-7-1-2-8(10)5-7/h3-4,7-8,10H,1-2,5-6H2,(H,14,17). The first-order valence-corrected chi connectivity index (χ1v) is 6.40. The van der Waals surface area contributed by atoms with Gasteiger partial charge in [-0.05, 0) is 43.2 Å². The highest BCUT2D eigenvalue weighted by Gasteiger charge is 2.40. The molecule has 0 aromatic carbocycles. The summed E-state index contributed by atoms with van der Waals surface area (Å²) in [6.45, 7) is 0. The molecule has 0 saturated heterocycles. The van der Waals surface area contributed by atoms with Gasteiger partial charge >= 0.3 is 0 Å². The van der Waals surface area contributed by atoms with E-state index < -0.39 is 0 Å². The van der Waals surface area contributed by atoms with Gasteiger partial charge in [-0.25, -0.2) is 0 Å². The van der Waals surface area contributed by atoms with Gasteiger partial charge in [0, 0.05) is 6.04 Å². The zero-order valence-electron chi connectivity index (χ0n) is 9.40. The van der Waals surface area contributed by atoms with Gasteiger partial charge in [0.15, 0.2) is 10.8 Å². The fraction of sp³-hybridized carbons (Fsp3) is 0.583. The van der Waals surface area contributed by atoms with E-state index >= 15 is 0 Å². The van der Waals surface area contributed by atoms with Crippen molar-refractivity contribution in [2.45, 2.75) is 31.7 Å². The Bertz CT molecular complexity index is 434. The fourth-order valence-corrected chi connectivity index (χ4v) is 3.20. The summed E-state index contributed by atoms with van der Waals surface area (Å²) in [6.07, 6.45) is 4.98. The van der Waals surface area contributed by atoms with E-state index in [2.05, 4.69) is 15.5 Å². The molecule has 1 heterocycles. The average molecular weight is 252 g/mol. The number of carbonyl (C=O) groups is 1. The van der Waals surface area contributed by atoms with Gasteiger partial charge in [-0.3, -0.25) is 4.79 Å². The van der Waals surface area contributed by atoms with Crippen molar-refractivity contribution in [1.82, 2.24) is 15.5 Å². The van der Waals surface area contributed by atoms with Crippen LogP contribution in [0.2, 0.25) is 5.15 Å². The summed E-state index contributed by atoms with van der Waals surface area (Å²) in [5.41, 5.74) is 0.345.